The SMILES string of the molecule is CC(C)C(CNCc1cnc(N2CCOCC2)s1)Cc1ccccc1. The molecule has 25 heavy (non-hydrogen) atoms. The number of ether oxygens (including phenoxy) is 1. The maximum atomic E-state index is 5.41. The van der Waals surface area contributed by atoms with Crippen molar-refractivity contribution in [3.63, 3.8) is 0 Å². The van der Waals surface area contributed by atoms with E-state index in [9.17, 15) is 0 Å². The topological polar surface area (TPSA) is 37.4 Å². The van der Waals surface area contributed by atoms with E-state index in [4.69, 9.17) is 4.74 Å². The molecule has 136 valence electrons. The van der Waals surface area contributed by atoms with Crippen LogP contribution in [0.2, 0.25) is 0 Å². The number of thiazole rings is 1. The summed E-state index contributed by atoms with van der Waals surface area (Å²) in [6.07, 6.45) is 3.15. The number of hydrogen-bond donors (Lipinski definition) is 1. The normalized spacial score (nSPS) is 16.4. The lowest BCUT2D eigenvalue weighted by molar-refractivity contribution is 0.122. The average molecular weight is 360 g/mol. The predicted octanol–water partition coefficient (Wildman–Crippen LogP) is 3.58. The molecule has 1 aliphatic rings. The number of nitrogens with zero attached hydrogens (tertiary/aromatic N) is 2. The highest BCUT2D eigenvalue weighted by atomic mass is 32.1. The molecule has 1 aromatic heterocycles. The van der Waals surface area contributed by atoms with E-state index < -0.39 is 0 Å². The van der Waals surface area contributed by atoms with Crippen molar-refractivity contribution in [1.29, 1.82) is 0 Å². The molecular formula is C20H29N3OS. The van der Waals surface area contributed by atoms with Gasteiger partial charge in [0, 0.05) is 30.7 Å². The minimum atomic E-state index is 0.647. The first-order valence-electron chi connectivity index (χ1n) is 9.24. The van der Waals surface area contributed by atoms with E-state index in [1.807, 2.05) is 6.20 Å². The van der Waals surface area contributed by atoms with Gasteiger partial charge in [-0.05, 0) is 30.4 Å². The van der Waals surface area contributed by atoms with Crippen molar-refractivity contribution >= 4 is 16.5 Å². The molecule has 1 N–H and O–H groups in total. The molecule has 0 spiro atoms. The highest BCUT2D eigenvalue weighted by Crippen LogP contribution is 2.23. The van der Waals surface area contributed by atoms with Gasteiger partial charge in [0.25, 0.3) is 0 Å². The van der Waals surface area contributed by atoms with Crippen LogP contribution in [0, 0.1) is 11.8 Å². The fraction of sp³-hybridized carbons (Fsp3) is 0.550. The third-order valence-corrected chi connectivity index (χ3v) is 5.87. The molecule has 4 nitrogen and oxygen atoms in total. The fourth-order valence-electron chi connectivity index (χ4n) is 3.12. The summed E-state index contributed by atoms with van der Waals surface area (Å²) >= 11 is 1.80. The Balaban J connectivity index is 1.48. The van der Waals surface area contributed by atoms with Gasteiger partial charge in [0.1, 0.15) is 0 Å². The Morgan fingerprint density at radius 3 is 2.68 bits per heavy atom. The zero-order valence-electron chi connectivity index (χ0n) is 15.3. The molecule has 0 radical (unpaired) electrons. The summed E-state index contributed by atoms with van der Waals surface area (Å²) in [5.41, 5.74) is 1.43. The molecule has 0 amide bonds. The second kappa shape index (κ2) is 9.32. The third-order valence-electron chi connectivity index (χ3n) is 4.81. The number of rotatable bonds is 8. The van der Waals surface area contributed by atoms with Gasteiger partial charge in [0.2, 0.25) is 0 Å². The van der Waals surface area contributed by atoms with Gasteiger partial charge in [-0.15, -0.1) is 11.3 Å². The second-order valence-electron chi connectivity index (χ2n) is 7.03. The van der Waals surface area contributed by atoms with Gasteiger partial charge in [-0.3, -0.25) is 0 Å². The third kappa shape index (κ3) is 5.53. The minimum Gasteiger partial charge on any atom is -0.378 e. The van der Waals surface area contributed by atoms with Gasteiger partial charge in [-0.25, -0.2) is 4.98 Å². The van der Waals surface area contributed by atoms with Gasteiger partial charge in [-0.2, -0.15) is 0 Å². The second-order valence-corrected chi connectivity index (χ2v) is 8.13. The van der Waals surface area contributed by atoms with Crippen LogP contribution < -0.4 is 10.2 Å². The Morgan fingerprint density at radius 1 is 1.20 bits per heavy atom. The first-order chi connectivity index (χ1) is 12.2. The highest BCUT2D eigenvalue weighted by molar-refractivity contribution is 7.15. The summed E-state index contributed by atoms with van der Waals surface area (Å²) in [5, 5.41) is 4.78. The van der Waals surface area contributed by atoms with Gasteiger partial charge in [-0.1, -0.05) is 44.2 Å². The number of aromatic nitrogens is 1. The number of nitrogens with one attached hydrogen (secondary N) is 1. The van der Waals surface area contributed by atoms with E-state index >= 15 is 0 Å². The molecule has 1 fully saturated rings. The maximum absolute atomic E-state index is 5.41. The van der Waals surface area contributed by atoms with Crippen LogP contribution >= 0.6 is 11.3 Å². The van der Waals surface area contributed by atoms with Crippen molar-refractivity contribution in [3.8, 4) is 0 Å². The van der Waals surface area contributed by atoms with E-state index in [-0.39, 0.29) is 0 Å². The van der Waals surface area contributed by atoms with Gasteiger partial charge in [0.15, 0.2) is 5.13 Å². The summed E-state index contributed by atoms with van der Waals surface area (Å²) in [6, 6.07) is 10.8. The van der Waals surface area contributed by atoms with Crippen molar-refractivity contribution in [2.75, 3.05) is 37.7 Å². The molecular weight excluding hydrogens is 330 g/mol. The summed E-state index contributed by atoms with van der Waals surface area (Å²) in [5.74, 6) is 1.31. The van der Waals surface area contributed by atoms with E-state index in [2.05, 4.69) is 59.4 Å². The van der Waals surface area contributed by atoms with Gasteiger partial charge >= 0.3 is 0 Å². The number of hydrogen-bond acceptors (Lipinski definition) is 5. The molecule has 1 aliphatic heterocycles. The molecule has 0 aliphatic carbocycles. The van der Waals surface area contributed by atoms with E-state index in [1.54, 1.807) is 11.3 Å². The Bertz CT molecular complexity index is 623. The molecule has 1 atom stereocenters. The van der Waals surface area contributed by atoms with Crippen LogP contribution in [0.1, 0.15) is 24.3 Å². The zero-order chi connectivity index (χ0) is 17.5. The van der Waals surface area contributed by atoms with Crippen LogP contribution in [-0.4, -0.2) is 37.8 Å². The largest absolute Gasteiger partial charge is 0.378 e. The van der Waals surface area contributed by atoms with Crippen molar-refractivity contribution in [3.05, 3.63) is 47.0 Å². The van der Waals surface area contributed by atoms with Crippen LogP contribution in [0.5, 0.6) is 0 Å². The molecule has 1 saturated heterocycles. The molecule has 5 heteroatoms. The molecule has 1 aromatic carbocycles. The lowest BCUT2D eigenvalue weighted by Crippen LogP contribution is -2.36. The van der Waals surface area contributed by atoms with Crippen LogP contribution in [-0.2, 0) is 17.7 Å². The standard InChI is InChI=1S/C20H29N3OS/c1-16(2)18(12-17-6-4-3-5-7-17)13-21-14-19-15-22-20(25-19)23-8-10-24-11-9-23/h3-7,15-16,18,21H,8-14H2,1-2H3. The smallest absolute Gasteiger partial charge is 0.185 e. The van der Waals surface area contributed by atoms with Crippen molar-refractivity contribution in [2.24, 2.45) is 11.8 Å². The molecule has 2 aromatic rings. The van der Waals surface area contributed by atoms with Crippen LogP contribution in [0.25, 0.3) is 0 Å². The summed E-state index contributed by atoms with van der Waals surface area (Å²) in [7, 11) is 0. The molecule has 0 bridgehead atoms. The van der Waals surface area contributed by atoms with Crippen LogP contribution in [0.3, 0.4) is 0 Å². The fourth-order valence-corrected chi connectivity index (χ4v) is 4.05. The van der Waals surface area contributed by atoms with Crippen molar-refractivity contribution in [1.82, 2.24) is 10.3 Å². The van der Waals surface area contributed by atoms with Gasteiger partial charge < -0.3 is 15.0 Å². The molecule has 1 unspecified atom stereocenters. The monoisotopic (exact) mass is 359 g/mol. The lowest BCUT2D eigenvalue weighted by Gasteiger charge is -2.26. The Labute approximate surface area is 155 Å². The molecule has 0 saturated carbocycles. The Kier molecular flexibility index (Phi) is 6.84. The van der Waals surface area contributed by atoms with Crippen molar-refractivity contribution < 1.29 is 4.74 Å². The number of benzene rings is 1. The lowest BCUT2D eigenvalue weighted by atomic mass is 9.89. The highest BCUT2D eigenvalue weighted by Gasteiger charge is 2.16. The van der Waals surface area contributed by atoms with E-state index in [0.717, 1.165) is 50.9 Å². The average Bonchev–Trinajstić information content (AvgIpc) is 3.11. The first-order valence-corrected chi connectivity index (χ1v) is 10.1. The minimum absolute atomic E-state index is 0.647. The number of morpholine rings is 1. The van der Waals surface area contributed by atoms with E-state index in [1.165, 1.54) is 10.4 Å². The predicted molar refractivity (Wildman–Crippen MR) is 105 cm³/mol. The Hall–Kier alpha value is -1.43. The van der Waals surface area contributed by atoms with Gasteiger partial charge in [0.05, 0.1) is 13.2 Å². The quantitative estimate of drug-likeness (QED) is 0.782. The summed E-state index contributed by atoms with van der Waals surface area (Å²) in [4.78, 5) is 8.22. The maximum Gasteiger partial charge on any atom is 0.185 e. The van der Waals surface area contributed by atoms with Crippen molar-refractivity contribution in [2.45, 2.75) is 26.8 Å². The van der Waals surface area contributed by atoms with Crippen LogP contribution in [0.4, 0.5) is 5.13 Å². The number of anilines is 1. The zero-order valence-corrected chi connectivity index (χ0v) is 16.1. The molecule has 2 heterocycles. The Morgan fingerprint density at radius 2 is 1.96 bits per heavy atom. The van der Waals surface area contributed by atoms with Crippen LogP contribution in [0.15, 0.2) is 36.5 Å². The summed E-state index contributed by atoms with van der Waals surface area (Å²) in [6.45, 7) is 10.1. The summed E-state index contributed by atoms with van der Waals surface area (Å²) < 4.78 is 5.41. The van der Waals surface area contributed by atoms with E-state index in [0.29, 0.717) is 11.8 Å². The first kappa shape index (κ1) is 18.4. The molecule has 3 rings (SSSR count).